The van der Waals surface area contributed by atoms with Gasteiger partial charge in [0.2, 0.25) is 0 Å². The van der Waals surface area contributed by atoms with Crippen molar-refractivity contribution in [2.24, 2.45) is 5.10 Å². The van der Waals surface area contributed by atoms with Crippen molar-refractivity contribution in [3.05, 3.63) is 64.7 Å². The number of nitrogens with zero attached hydrogens (tertiary/aromatic N) is 1. The number of phenolic OH excluding ortho intramolecular Hbond substituents is 1. The van der Waals surface area contributed by atoms with E-state index in [1.54, 1.807) is 55.5 Å². The van der Waals surface area contributed by atoms with Crippen LogP contribution in [0.5, 0.6) is 5.75 Å². The summed E-state index contributed by atoms with van der Waals surface area (Å²) in [5.74, 6) is -0.217. The summed E-state index contributed by atoms with van der Waals surface area (Å²) in [6.07, 6.45) is 0. The maximum absolute atomic E-state index is 11.9. The van der Waals surface area contributed by atoms with Crippen molar-refractivity contribution in [3.8, 4) is 5.75 Å². The summed E-state index contributed by atoms with van der Waals surface area (Å²) < 4.78 is 0. The first kappa shape index (κ1) is 14.1. The van der Waals surface area contributed by atoms with Crippen molar-refractivity contribution in [2.75, 3.05) is 0 Å². The number of hydrogen-bond donors (Lipinski definition) is 2. The third-order valence-electron chi connectivity index (χ3n) is 2.73. The summed E-state index contributed by atoms with van der Waals surface area (Å²) in [5, 5.41) is 14.2. The average molecular weight is 289 g/mol. The number of rotatable bonds is 3. The summed E-state index contributed by atoms with van der Waals surface area (Å²) in [4.78, 5) is 11.9. The number of benzene rings is 2. The number of hydrazone groups is 1. The first-order chi connectivity index (χ1) is 9.58. The van der Waals surface area contributed by atoms with E-state index in [1.165, 1.54) is 0 Å². The molecule has 0 saturated heterocycles. The van der Waals surface area contributed by atoms with E-state index in [0.717, 1.165) is 0 Å². The van der Waals surface area contributed by atoms with Crippen LogP contribution in [0, 0.1) is 0 Å². The molecule has 0 radical (unpaired) electrons. The number of phenols is 1. The minimum Gasteiger partial charge on any atom is -0.507 e. The van der Waals surface area contributed by atoms with E-state index >= 15 is 0 Å². The zero-order chi connectivity index (χ0) is 14.5. The highest BCUT2D eigenvalue weighted by molar-refractivity contribution is 6.30. The smallest absolute Gasteiger partial charge is 0.271 e. The molecule has 0 aliphatic carbocycles. The lowest BCUT2D eigenvalue weighted by molar-refractivity contribution is 0.0955. The first-order valence-corrected chi connectivity index (χ1v) is 6.34. The van der Waals surface area contributed by atoms with Crippen LogP contribution in [-0.2, 0) is 0 Å². The molecular weight excluding hydrogens is 276 g/mol. The van der Waals surface area contributed by atoms with Crippen LogP contribution in [0.25, 0.3) is 0 Å². The Hall–Kier alpha value is -2.33. The second kappa shape index (κ2) is 6.21. The summed E-state index contributed by atoms with van der Waals surface area (Å²) in [5.41, 5.74) is 3.99. The van der Waals surface area contributed by atoms with Crippen LogP contribution in [0.4, 0.5) is 0 Å². The minimum absolute atomic E-state index is 0.120. The van der Waals surface area contributed by atoms with Crippen molar-refractivity contribution in [1.82, 2.24) is 5.43 Å². The van der Waals surface area contributed by atoms with Crippen molar-refractivity contribution in [2.45, 2.75) is 6.92 Å². The molecule has 0 heterocycles. The number of nitrogens with one attached hydrogen (secondary N) is 1. The highest BCUT2D eigenvalue weighted by Crippen LogP contribution is 2.16. The molecule has 0 saturated carbocycles. The molecule has 5 heteroatoms. The number of hydrogen-bond acceptors (Lipinski definition) is 3. The van der Waals surface area contributed by atoms with E-state index in [2.05, 4.69) is 10.5 Å². The van der Waals surface area contributed by atoms with Gasteiger partial charge in [-0.2, -0.15) is 5.10 Å². The van der Waals surface area contributed by atoms with Gasteiger partial charge in [-0.15, -0.1) is 0 Å². The fourth-order valence-electron chi connectivity index (χ4n) is 1.64. The Bertz CT molecular complexity index is 651. The first-order valence-electron chi connectivity index (χ1n) is 5.96. The van der Waals surface area contributed by atoms with Crippen molar-refractivity contribution in [3.63, 3.8) is 0 Å². The molecule has 0 aliphatic rings. The van der Waals surface area contributed by atoms with Crippen LogP contribution in [0.2, 0.25) is 5.02 Å². The predicted molar refractivity (Wildman–Crippen MR) is 79.2 cm³/mol. The van der Waals surface area contributed by atoms with Gasteiger partial charge in [-0.25, -0.2) is 5.43 Å². The fourth-order valence-corrected chi connectivity index (χ4v) is 1.77. The molecule has 2 aromatic rings. The van der Waals surface area contributed by atoms with Gasteiger partial charge in [0, 0.05) is 16.1 Å². The van der Waals surface area contributed by atoms with Gasteiger partial charge in [-0.3, -0.25) is 4.79 Å². The lowest BCUT2D eigenvalue weighted by Gasteiger charge is -2.04. The molecule has 20 heavy (non-hydrogen) atoms. The molecule has 0 aromatic heterocycles. The Labute approximate surface area is 121 Å². The molecule has 0 bridgehead atoms. The normalized spacial score (nSPS) is 11.2. The topological polar surface area (TPSA) is 61.7 Å². The number of carbonyl (C=O) groups is 1. The van der Waals surface area contributed by atoms with E-state index < -0.39 is 0 Å². The highest BCUT2D eigenvalue weighted by atomic mass is 35.5. The molecule has 102 valence electrons. The van der Waals surface area contributed by atoms with Crippen LogP contribution >= 0.6 is 11.6 Å². The van der Waals surface area contributed by atoms with Gasteiger partial charge in [0.15, 0.2) is 0 Å². The molecule has 0 spiro atoms. The summed E-state index contributed by atoms with van der Waals surface area (Å²) in [6, 6.07) is 13.3. The fraction of sp³-hybridized carbons (Fsp3) is 0.0667. The van der Waals surface area contributed by atoms with Gasteiger partial charge in [0.1, 0.15) is 5.75 Å². The Kier molecular flexibility index (Phi) is 4.38. The highest BCUT2D eigenvalue weighted by Gasteiger charge is 2.06. The number of carbonyl (C=O) groups excluding carboxylic acids is 1. The van der Waals surface area contributed by atoms with E-state index in [4.69, 9.17) is 11.6 Å². The van der Waals surface area contributed by atoms with Crippen LogP contribution in [-0.4, -0.2) is 16.7 Å². The lowest BCUT2D eigenvalue weighted by Crippen LogP contribution is -2.19. The molecule has 4 nitrogen and oxygen atoms in total. The summed E-state index contributed by atoms with van der Waals surface area (Å²) in [7, 11) is 0. The van der Waals surface area contributed by atoms with Gasteiger partial charge >= 0.3 is 0 Å². The molecule has 0 unspecified atom stereocenters. The zero-order valence-corrected chi connectivity index (χ0v) is 11.6. The molecule has 2 aromatic carbocycles. The van der Waals surface area contributed by atoms with Gasteiger partial charge in [-0.1, -0.05) is 23.7 Å². The van der Waals surface area contributed by atoms with Gasteiger partial charge in [-0.05, 0) is 43.3 Å². The Balaban J connectivity index is 2.11. The number of amides is 1. The second-order valence-corrected chi connectivity index (χ2v) is 4.60. The van der Waals surface area contributed by atoms with Crippen molar-refractivity contribution < 1.29 is 9.90 Å². The second-order valence-electron chi connectivity index (χ2n) is 4.16. The standard InChI is InChI=1S/C15H13ClN2O2/c1-10(13-4-2-3-5-14(13)19)17-18-15(20)11-6-8-12(16)9-7-11/h2-9,19H,1H3,(H,18,20)/b17-10+. The molecule has 2 rings (SSSR count). The third-order valence-corrected chi connectivity index (χ3v) is 2.98. The number of aromatic hydroxyl groups is 1. The minimum atomic E-state index is -0.337. The van der Waals surface area contributed by atoms with E-state index in [0.29, 0.717) is 21.9 Å². The molecule has 1 amide bonds. The van der Waals surface area contributed by atoms with Crippen molar-refractivity contribution >= 4 is 23.2 Å². The quantitative estimate of drug-likeness (QED) is 0.673. The monoisotopic (exact) mass is 288 g/mol. The molecule has 0 atom stereocenters. The summed E-state index contributed by atoms with van der Waals surface area (Å²) in [6.45, 7) is 1.71. The molecule has 0 fully saturated rings. The van der Waals surface area contributed by atoms with Crippen molar-refractivity contribution in [1.29, 1.82) is 0 Å². The zero-order valence-electron chi connectivity index (χ0n) is 10.8. The maximum atomic E-state index is 11.9. The van der Waals surface area contributed by atoms with Gasteiger partial charge < -0.3 is 5.11 Å². The van der Waals surface area contributed by atoms with E-state index in [9.17, 15) is 9.90 Å². The lowest BCUT2D eigenvalue weighted by atomic mass is 10.1. The predicted octanol–water partition coefficient (Wildman–Crippen LogP) is 3.20. The van der Waals surface area contributed by atoms with Crippen LogP contribution < -0.4 is 5.43 Å². The summed E-state index contributed by atoms with van der Waals surface area (Å²) >= 11 is 5.75. The number of para-hydroxylation sites is 1. The van der Waals surface area contributed by atoms with Crippen LogP contribution in [0.15, 0.2) is 53.6 Å². The molecule has 0 aliphatic heterocycles. The molecule has 2 N–H and O–H groups in total. The van der Waals surface area contributed by atoms with Gasteiger partial charge in [0.05, 0.1) is 5.71 Å². The molecular formula is C15H13ClN2O2. The largest absolute Gasteiger partial charge is 0.507 e. The van der Waals surface area contributed by atoms with Crippen LogP contribution in [0.1, 0.15) is 22.8 Å². The van der Waals surface area contributed by atoms with Gasteiger partial charge in [0.25, 0.3) is 5.91 Å². The maximum Gasteiger partial charge on any atom is 0.271 e. The number of halogens is 1. The van der Waals surface area contributed by atoms with E-state index in [-0.39, 0.29) is 11.7 Å². The third kappa shape index (κ3) is 3.36. The Morgan fingerprint density at radius 2 is 1.80 bits per heavy atom. The Morgan fingerprint density at radius 3 is 2.45 bits per heavy atom. The SMILES string of the molecule is C/C(=N\NC(=O)c1ccc(Cl)cc1)c1ccccc1O. The van der Waals surface area contributed by atoms with E-state index in [1.807, 2.05) is 0 Å². The van der Waals surface area contributed by atoms with Crippen LogP contribution in [0.3, 0.4) is 0 Å². The Morgan fingerprint density at radius 1 is 1.15 bits per heavy atom. The average Bonchev–Trinajstić information content (AvgIpc) is 2.45.